The van der Waals surface area contributed by atoms with Crippen LogP contribution in [0.3, 0.4) is 0 Å². The van der Waals surface area contributed by atoms with E-state index in [2.05, 4.69) is 0 Å². The fourth-order valence-corrected chi connectivity index (χ4v) is 0. The van der Waals surface area contributed by atoms with Gasteiger partial charge >= 0.3 is 8.69 Å². The van der Waals surface area contributed by atoms with Crippen molar-refractivity contribution in [2.75, 3.05) is 0 Å². The zero-order chi connectivity index (χ0) is 2.71. The van der Waals surface area contributed by atoms with E-state index in [1.165, 1.54) is 0 Å². The third-order valence-electron chi connectivity index (χ3n) is 0. The molecule has 0 aromatic carbocycles. The molecule has 0 bridgehead atoms. The normalized spacial score (nSPS) is 4.20. The van der Waals surface area contributed by atoms with E-state index < -0.39 is 8.69 Å². The molecule has 0 radical (unpaired) electrons. The first-order valence-electron chi connectivity index (χ1n) is 0.383. The summed E-state index contributed by atoms with van der Waals surface area (Å²) in [5.74, 6) is 0. The Balaban J connectivity index is -0.0000000200. The zero-order valence-electron chi connectivity index (χ0n) is 2.12. The van der Waals surface area contributed by atoms with E-state index in [1.54, 1.807) is 0 Å². The smallest absolute Gasteiger partial charge is 0.310 e. The first kappa shape index (κ1) is 16.3. The Labute approximate surface area is 56.4 Å². The summed E-state index contributed by atoms with van der Waals surface area (Å²) >= 11 is 0. The molecule has 5 heteroatoms. The van der Waals surface area contributed by atoms with E-state index in [0.717, 1.165) is 0 Å². The Bertz CT molecular complexity index is 17.1. The molecule has 5 heavy (non-hydrogen) atoms. The average molecular weight is 171 g/mol. The monoisotopic (exact) mass is 170 g/mol. The minimum Gasteiger partial charge on any atom is -0.310 e. The molecule has 0 spiro atoms. The summed E-state index contributed by atoms with van der Waals surface area (Å²) in [7, 11) is -0.833. The fourth-order valence-electron chi connectivity index (χ4n) is 0. The van der Waals surface area contributed by atoms with Crippen LogP contribution in [-0.2, 0) is 42.8 Å². The maximum absolute atomic E-state index is 8.46. The first-order valence-corrected chi connectivity index (χ1v) is 1.15. The van der Waals surface area contributed by atoms with Crippen molar-refractivity contribution in [2.45, 2.75) is 0 Å². The van der Waals surface area contributed by atoms with Crippen LogP contribution in [0.15, 0.2) is 0 Å². The summed E-state index contributed by atoms with van der Waals surface area (Å²) in [6, 6.07) is 0. The molecule has 0 atom stereocenters. The SMILES string of the molecule is O=PO.[Ni].[Ti]. The molecular weight excluding hydrogens is 170 g/mol. The van der Waals surface area contributed by atoms with Gasteiger partial charge in [-0.3, -0.25) is 0 Å². The molecule has 0 aromatic rings. The maximum atomic E-state index is 8.46. The molecule has 0 aliphatic carbocycles. The van der Waals surface area contributed by atoms with E-state index in [4.69, 9.17) is 9.46 Å². The summed E-state index contributed by atoms with van der Waals surface area (Å²) in [5, 5.41) is 0. The van der Waals surface area contributed by atoms with Crippen LogP contribution in [0.25, 0.3) is 0 Å². The molecule has 2 nitrogen and oxygen atoms in total. The van der Waals surface area contributed by atoms with Crippen molar-refractivity contribution in [1.82, 2.24) is 0 Å². The third-order valence-corrected chi connectivity index (χ3v) is 0. The summed E-state index contributed by atoms with van der Waals surface area (Å²) in [6.07, 6.45) is 0. The van der Waals surface area contributed by atoms with Gasteiger partial charge in [0, 0.05) is 38.2 Å². The van der Waals surface area contributed by atoms with Gasteiger partial charge in [0.1, 0.15) is 0 Å². The predicted octanol–water partition coefficient (Wildman–Crippen LogP) is 0.180. The second kappa shape index (κ2) is 18.7. The molecule has 32 valence electrons. The molecule has 1 N–H and O–H groups in total. The van der Waals surface area contributed by atoms with Crippen molar-refractivity contribution in [3.8, 4) is 0 Å². The van der Waals surface area contributed by atoms with Gasteiger partial charge in [-0.25, -0.2) is 4.57 Å². The Morgan fingerprint density at radius 1 is 1.60 bits per heavy atom. The van der Waals surface area contributed by atoms with Gasteiger partial charge in [-0.2, -0.15) is 0 Å². The summed E-state index contributed by atoms with van der Waals surface area (Å²) in [6.45, 7) is 0. The van der Waals surface area contributed by atoms with Gasteiger partial charge < -0.3 is 4.89 Å². The first-order chi connectivity index (χ1) is 1.41. The van der Waals surface area contributed by atoms with Gasteiger partial charge in [-0.15, -0.1) is 0 Å². The van der Waals surface area contributed by atoms with E-state index in [1.807, 2.05) is 0 Å². The van der Waals surface area contributed by atoms with Crippen LogP contribution in [0.4, 0.5) is 0 Å². The van der Waals surface area contributed by atoms with Crippen molar-refractivity contribution >= 4 is 8.69 Å². The van der Waals surface area contributed by atoms with Crippen molar-refractivity contribution < 1.29 is 47.7 Å². The Morgan fingerprint density at radius 3 is 1.60 bits per heavy atom. The molecule has 0 fully saturated rings. The van der Waals surface area contributed by atoms with E-state index >= 15 is 0 Å². The second-order valence-electron chi connectivity index (χ2n) is 0.0816. The average Bonchev–Trinajstić information content (AvgIpc) is 0.918. The number of hydrogen-bond donors (Lipinski definition) is 1. The molecule has 0 saturated heterocycles. The summed E-state index contributed by atoms with van der Waals surface area (Å²) in [4.78, 5) is 6.99. The fraction of sp³-hybridized carbons (Fsp3) is 0. The van der Waals surface area contributed by atoms with Crippen LogP contribution in [0.2, 0.25) is 0 Å². The summed E-state index contributed by atoms with van der Waals surface area (Å²) < 4.78 is 8.46. The van der Waals surface area contributed by atoms with Gasteiger partial charge in [-0.05, 0) is 0 Å². The third kappa shape index (κ3) is 35.0. The molecule has 0 unspecified atom stereocenters. The molecular formula is HNiO2PTi. The standard InChI is InChI=1S/Ni.HO2P.Ti/c;1-3-2;/h;(H,1,2);. The molecule has 0 rings (SSSR count). The molecule has 0 saturated carbocycles. The Kier molecular flexibility index (Phi) is 60.8. The topological polar surface area (TPSA) is 37.3 Å². The quantitative estimate of drug-likeness (QED) is 0.416. The van der Waals surface area contributed by atoms with Crippen LogP contribution < -0.4 is 0 Å². The van der Waals surface area contributed by atoms with Crippen LogP contribution in [0.1, 0.15) is 0 Å². The van der Waals surface area contributed by atoms with Crippen LogP contribution in [-0.4, -0.2) is 4.89 Å². The van der Waals surface area contributed by atoms with E-state index in [0.29, 0.717) is 0 Å². The minimum absolute atomic E-state index is 0. The molecule has 0 amide bonds. The molecule has 0 aliphatic rings. The summed E-state index contributed by atoms with van der Waals surface area (Å²) in [5.41, 5.74) is 0. The van der Waals surface area contributed by atoms with Crippen molar-refractivity contribution in [1.29, 1.82) is 0 Å². The van der Waals surface area contributed by atoms with Gasteiger partial charge in [0.15, 0.2) is 0 Å². The second-order valence-corrected chi connectivity index (χ2v) is 0.245. The Hall–Kier alpha value is 1.27. The number of hydrogen-bond acceptors (Lipinski definition) is 1. The molecule has 0 aromatic heterocycles. The van der Waals surface area contributed by atoms with Crippen LogP contribution >= 0.6 is 8.69 Å². The van der Waals surface area contributed by atoms with Crippen LogP contribution in [0.5, 0.6) is 0 Å². The Morgan fingerprint density at radius 2 is 1.60 bits per heavy atom. The zero-order valence-corrected chi connectivity index (χ0v) is 5.56. The van der Waals surface area contributed by atoms with E-state index in [-0.39, 0.29) is 38.2 Å². The van der Waals surface area contributed by atoms with Crippen molar-refractivity contribution in [3.05, 3.63) is 0 Å². The maximum Gasteiger partial charge on any atom is 0.324 e. The van der Waals surface area contributed by atoms with Gasteiger partial charge in [0.05, 0.1) is 0 Å². The molecule has 0 heterocycles. The van der Waals surface area contributed by atoms with Crippen molar-refractivity contribution in [3.63, 3.8) is 0 Å². The van der Waals surface area contributed by atoms with Gasteiger partial charge in [0.2, 0.25) is 0 Å². The van der Waals surface area contributed by atoms with E-state index in [9.17, 15) is 0 Å². The van der Waals surface area contributed by atoms with Crippen molar-refractivity contribution in [2.24, 2.45) is 0 Å². The molecule has 0 aliphatic heterocycles. The minimum atomic E-state index is -0.833. The number of rotatable bonds is 0. The largest absolute Gasteiger partial charge is 0.324 e. The predicted molar refractivity (Wildman–Crippen MR) is 9.83 cm³/mol. The van der Waals surface area contributed by atoms with Gasteiger partial charge in [-0.1, -0.05) is 0 Å². The van der Waals surface area contributed by atoms with Gasteiger partial charge in [0.25, 0.3) is 0 Å². The van der Waals surface area contributed by atoms with Crippen LogP contribution in [0, 0.1) is 0 Å².